The van der Waals surface area contributed by atoms with Gasteiger partial charge in [-0.05, 0) is 31.2 Å². The van der Waals surface area contributed by atoms with Gasteiger partial charge >= 0.3 is 6.18 Å². The molecule has 1 amide bonds. The number of nitrogens with zero attached hydrogens (tertiary/aromatic N) is 3. The second-order valence-electron chi connectivity index (χ2n) is 6.81. The van der Waals surface area contributed by atoms with E-state index in [1.807, 2.05) is 0 Å². The molecule has 0 aliphatic heterocycles. The zero-order chi connectivity index (χ0) is 24.5. The van der Waals surface area contributed by atoms with Gasteiger partial charge in [-0.25, -0.2) is 13.8 Å². The molecule has 0 aliphatic rings. The molecule has 0 spiro atoms. The van der Waals surface area contributed by atoms with Crippen LogP contribution >= 0.6 is 11.6 Å². The van der Waals surface area contributed by atoms with Crippen molar-refractivity contribution in [2.24, 2.45) is 7.05 Å². The summed E-state index contributed by atoms with van der Waals surface area (Å²) in [6, 6.07) is 5.00. The third kappa shape index (κ3) is 5.22. The van der Waals surface area contributed by atoms with E-state index < -0.39 is 53.4 Å². The molecule has 0 radical (unpaired) electrons. The number of benzene rings is 2. The van der Waals surface area contributed by atoms with Crippen LogP contribution in [0, 0.1) is 11.6 Å². The van der Waals surface area contributed by atoms with Gasteiger partial charge in [-0.3, -0.25) is 9.48 Å². The molecule has 0 saturated carbocycles. The number of aryl methyl sites for hydroxylation is 1. The first-order valence-electron chi connectivity index (χ1n) is 9.25. The van der Waals surface area contributed by atoms with Gasteiger partial charge in [-0.1, -0.05) is 17.7 Å². The molecule has 0 saturated heterocycles. The molecule has 176 valence electrons. The molecule has 0 aliphatic carbocycles. The summed E-state index contributed by atoms with van der Waals surface area (Å²) in [4.78, 5) is 16.7. The van der Waals surface area contributed by atoms with E-state index in [0.717, 1.165) is 16.8 Å². The van der Waals surface area contributed by atoms with Crippen LogP contribution in [-0.2, 0) is 13.7 Å². The first-order chi connectivity index (χ1) is 15.4. The van der Waals surface area contributed by atoms with Gasteiger partial charge in [0.05, 0.1) is 21.8 Å². The second-order valence-corrected chi connectivity index (χ2v) is 7.22. The summed E-state index contributed by atoms with van der Waals surface area (Å²) in [6.07, 6.45) is -7.17. The predicted molar refractivity (Wildman–Crippen MR) is 108 cm³/mol. The van der Waals surface area contributed by atoms with Gasteiger partial charge in [0.2, 0.25) is 0 Å². The number of nitrogens with one attached hydrogen (secondary N) is 1. The number of hydrogen-bond acceptors (Lipinski definition) is 5. The van der Waals surface area contributed by atoms with E-state index >= 15 is 0 Å². The molecule has 3 rings (SSSR count). The molecular formula is C20H16ClF5N4O3. The van der Waals surface area contributed by atoms with Gasteiger partial charge in [-0.15, -0.1) is 0 Å². The summed E-state index contributed by atoms with van der Waals surface area (Å²) < 4.78 is 74.3. The molecule has 1 atom stereocenters. The van der Waals surface area contributed by atoms with Crippen LogP contribution in [0.4, 0.5) is 27.6 Å². The smallest absolute Gasteiger partial charge is 0.425 e. The minimum Gasteiger partial charge on any atom is -0.480 e. The maximum Gasteiger partial charge on any atom is 0.425 e. The largest absolute Gasteiger partial charge is 0.480 e. The van der Waals surface area contributed by atoms with Gasteiger partial charge < -0.3 is 15.2 Å². The third-order valence-electron chi connectivity index (χ3n) is 4.52. The number of ether oxygens (including phenoxy) is 1. The van der Waals surface area contributed by atoms with Crippen LogP contribution < -0.4 is 10.1 Å². The van der Waals surface area contributed by atoms with Crippen molar-refractivity contribution in [3.8, 4) is 17.1 Å². The molecule has 2 N–H and O–H groups in total. The number of alkyl halides is 3. The Hall–Kier alpha value is -3.25. The van der Waals surface area contributed by atoms with Crippen molar-refractivity contribution in [3.63, 3.8) is 0 Å². The monoisotopic (exact) mass is 490 g/mol. The Balaban J connectivity index is 2.09. The van der Waals surface area contributed by atoms with Crippen LogP contribution in [-0.4, -0.2) is 38.1 Å². The number of aliphatic hydroxyl groups excluding tert-OH is 1. The van der Waals surface area contributed by atoms with Crippen molar-refractivity contribution in [2.75, 3.05) is 5.32 Å². The Morgan fingerprint density at radius 3 is 2.55 bits per heavy atom. The van der Waals surface area contributed by atoms with E-state index in [1.54, 1.807) is 0 Å². The molecule has 7 nitrogen and oxygen atoms in total. The number of aromatic nitrogens is 3. The summed E-state index contributed by atoms with van der Waals surface area (Å²) in [5, 5.41) is 15.1. The Bertz CT molecular complexity index is 1180. The van der Waals surface area contributed by atoms with Crippen molar-refractivity contribution < 1.29 is 36.6 Å². The number of anilines is 1. The fourth-order valence-corrected chi connectivity index (χ4v) is 2.93. The molecule has 33 heavy (non-hydrogen) atoms. The van der Waals surface area contributed by atoms with Crippen molar-refractivity contribution >= 4 is 23.2 Å². The lowest BCUT2D eigenvalue weighted by molar-refractivity contribution is -0.189. The van der Waals surface area contributed by atoms with Crippen LogP contribution in [0.15, 0.2) is 30.3 Å². The van der Waals surface area contributed by atoms with E-state index in [9.17, 15) is 31.9 Å². The van der Waals surface area contributed by atoms with Gasteiger partial charge in [0.25, 0.3) is 5.91 Å². The molecule has 13 heteroatoms. The number of amides is 1. The lowest BCUT2D eigenvalue weighted by atomic mass is 10.1. The Kier molecular flexibility index (Phi) is 6.89. The Morgan fingerprint density at radius 1 is 1.27 bits per heavy atom. The number of aliphatic hydroxyl groups is 1. The molecule has 0 bridgehead atoms. The van der Waals surface area contributed by atoms with Crippen LogP contribution in [0.2, 0.25) is 5.02 Å². The summed E-state index contributed by atoms with van der Waals surface area (Å²) in [5.74, 6) is -3.99. The molecular weight excluding hydrogens is 475 g/mol. The Morgan fingerprint density at radius 2 is 1.97 bits per heavy atom. The number of carbonyl (C=O) groups excluding carboxylic acids is 1. The molecule has 3 aromatic rings. The standard InChI is InChI=1S/C20H16ClF5N4O3/c1-9(20(24,25)26)33-15-7-10(18-27-16(8-31)30(2)29-18)14(23)6-11(15)19(32)28-17-12(21)4-3-5-13(17)22/h3-7,9,31H,8H2,1-2H3,(H,28,32)/t9-/m0/s1. The minimum absolute atomic E-state index is 0.0616. The van der Waals surface area contributed by atoms with Crippen molar-refractivity contribution in [1.29, 1.82) is 0 Å². The van der Waals surface area contributed by atoms with Crippen LogP contribution in [0.3, 0.4) is 0 Å². The molecule has 1 aromatic heterocycles. The highest BCUT2D eigenvalue weighted by Gasteiger charge is 2.39. The van der Waals surface area contributed by atoms with Gasteiger partial charge in [-0.2, -0.15) is 18.3 Å². The molecule has 1 heterocycles. The molecule has 0 unspecified atom stereocenters. The number of rotatable bonds is 6. The summed E-state index contributed by atoms with van der Waals surface area (Å²) >= 11 is 5.86. The highest BCUT2D eigenvalue weighted by molar-refractivity contribution is 6.34. The fraction of sp³-hybridized carbons (Fsp3) is 0.250. The quantitative estimate of drug-likeness (QED) is 0.497. The van der Waals surface area contributed by atoms with Gasteiger partial charge in [0.1, 0.15) is 24.0 Å². The number of halogens is 6. The summed E-state index contributed by atoms with van der Waals surface area (Å²) in [7, 11) is 1.42. The SMILES string of the molecule is C[C@H](Oc1cc(-c2nc(CO)n(C)n2)c(F)cc1C(=O)Nc1c(F)cccc1Cl)C(F)(F)F. The van der Waals surface area contributed by atoms with E-state index in [4.69, 9.17) is 16.3 Å². The van der Waals surface area contributed by atoms with Crippen LogP contribution in [0.5, 0.6) is 5.75 Å². The van der Waals surface area contributed by atoms with Crippen molar-refractivity contribution in [1.82, 2.24) is 14.8 Å². The average Bonchev–Trinajstić information content (AvgIpc) is 3.11. The Labute approximate surface area is 188 Å². The van der Waals surface area contributed by atoms with Gasteiger partial charge in [0.15, 0.2) is 17.8 Å². The molecule has 2 aromatic carbocycles. The highest BCUT2D eigenvalue weighted by atomic mass is 35.5. The number of carbonyl (C=O) groups is 1. The van der Waals surface area contributed by atoms with Crippen LogP contribution in [0.1, 0.15) is 23.1 Å². The zero-order valence-electron chi connectivity index (χ0n) is 17.0. The first-order valence-corrected chi connectivity index (χ1v) is 9.63. The lowest BCUT2D eigenvalue weighted by Crippen LogP contribution is -2.32. The first kappa shape index (κ1) is 24.4. The van der Waals surface area contributed by atoms with E-state index in [-0.39, 0.29) is 22.2 Å². The third-order valence-corrected chi connectivity index (χ3v) is 4.83. The maximum atomic E-state index is 14.9. The van der Waals surface area contributed by atoms with Gasteiger partial charge in [0, 0.05) is 7.05 Å². The van der Waals surface area contributed by atoms with Crippen LogP contribution in [0.25, 0.3) is 11.4 Å². The minimum atomic E-state index is -4.80. The predicted octanol–water partition coefficient (Wildman–Crippen LogP) is 4.49. The average molecular weight is 491 g/mol. The highest BCUT2D eigenvalue weighted by Crippen LogP contribution is 2.34. The normalized spacial score (nSPS) is 12.5. The van der Waals surface area contributed by atoms with Crippen molar-refractivity contribution in [3.05, 3.63) is 58.4 Å². The molecule has 0 fully saturated rings. The summed E-state index contributed by atoms with van der Waals surface area (Å²) in [6.45, 7) is 0.171. The number of hydrogen-bond donors (Lipinski definition) is 2. The van der Waals surface area contributed by atoms with E-state index in [1.165, 1.54) is 19.2 Å². The van der Waals surface area contributed by atoms with E-state index in [0.29, 0.717) is 13.0 Å². The van der Waals surface area contributed by atoms with Crippen molar-refractivity contribution in [2.45, 2.75) is 25.8 Å². The topological polar surface area (TPSA) is 89.3 Å². The number of para-hydroxylation sites is 1. The van der Waals surface area contributed by atoms with E-state index in [2.05, 4.69) is 15.4 Å². The fourth-order valence-electron chi connectivity index (χ4n) is 2.72. The summed E-state index contributed by atoms with van der Waals surface area (Å²) in [5.41, 5.74) is -1.47. The maximum absolute atomic E-state index is 14.9. The second kappa shape index (κ2) is 9.32. The zero-order valence-corrected chi connectivity index (χ0v) is 17.8. The lowest BCUT2D eigenvalue weighted by Gasteiger charge is -2.20.